The lowest BCUT2D eigenvalue weighted by atomic mass is 10.0. The van der Waals surface area contributed by atoms with Gasteiger partial charge >= 0.3 is 6.18 Å². The number of H-pyrrole nitrogens is 1. The summed E-state index contributed by atoms with van der Waals surface area (Å²) < 4.78 is 38.1. The monoisotopic (exact) mass is 461 g/mol. The molecule has 5 N–H and O–H groups in total. The highest BCUT2D eigenvalue weighted by Gasteiger charge is 2.30. The molecule has 1 atom stereocenters. The van der Waals surface area contributed by atoms with Crippen molar-refractivity contribution in [1.29, 1.82) is 0 Å². The smallest absolute Gasteiger partial charge is 0.390 e. The van der Waals surface area contributed by atoms with Crippen molar-refractivity contribution in [3.05, 3.63) is 65.0 Å². The number of nitrogens with one attached hydrogen (secondary N) is 2. The van der Waals surface area contributed by atoms with E-state index < -0.39 is 11.7 Å². The second-order valence-electron chi connectivity index (χ2n) is 7.57. The summed E-state index contributed by atoms with van der Waals surface area (Å²) in [6.07, 6.45) is -3.93. The minimum Gasteiger partial charge on any atom is -0.390 e. The number of hydrogen-bond acceptors (Lipinski definition) is 6. The van der Waals surface area contributed by atoms with Gasteiger partial charge in [0.15, 0.2) is 5.13 Å². The zero-order valence-electron chi connectivity index (χ0n) is 17.2. The van der Waals surface area contributed by atoms with Crippen molar-refractivity contribution in [2.24, 2.45) is 5.73 Å². The second kappa shape index (κ2) is 8.89. The van der Waals surface area contributed by atoms with Crippen LogP contribution >= 0.6 is 11.3 Å². The van der Waals surface area contributed by atoms with Gasteiger partial charge in [0.1, 0.15) is 0 Å². The fourth-order valence-corrected chi connectivity index (χ4v) is 4.44. The Balaban J connectivity index is 1.43. The molecule has 0 aliphatic heterocycles. The highest BCUT2D eigenvalue weighted by atomic mass is 32.1. The molecule has 6 nitrogen and oxygen atoms in total. The number of rotatable bonds is 7. The first kappa shape index (κ1) is 22.3. The number of thiazole rings is 1. The van der Waals surface area contributed by atoms with Crippen LogP contribution in [0.1, 0.15) is 22.5 Å². The van der Waals surface area contributed by atoms with E-state index in [-0.39, 0.29) is 12.6 Å². The molecular weight excluding hydrogens is 439 g/mol. The summed E-state index contributed by atoms with van der Waals surface area (Å²) in [6.45, 7) is 2.13. The van der Waals surface area contributed by atoms with Crippen molar-refractivity contribution in [3.63, 3.8) is 0 Å². The molecule has 0 spiro atoms. The average molecular weight is 462 g/mol. The Morgan fingerprint density at radius 3 is 2.62 bits per heavy atom. The van der Waals surface area contributed by atoms with Gasteiger partial charge in [0.2, 0.25) is 0 Å². The van der Waals surface area contributed by atoms with E-state index in [1.807, 2.05) is 25.1 Å². The highest BCUT2D eigenvalue weighted by molar-refractivity contribution is 7.19. The summed E-state index contributed by atoms with van der Waals surface area (Å²) in [6, 6.07) is 10.6. The summed E-state index contributed by atoms with van der Waals surface area (Å²) in [5.74, 6) is 0. The van der Waals surface area contributed by atoms with Gasteiger partial charge in [0.05, 0.1) is 28.3 Å². The first-order valence-corrected chi connectivity index (χ1v) is 10.8. The Morgan fingerprint density at radius 1 is 1.19 bits per heavy atom. The van der Waals surface area contributed by atoms with Crippen molar-refractivity contribution in [2.45, 2.75) is 32.2 Å². The van der Waals surface area contributed by atoms with E-state index in [9.17, 15) is 18.3 Å². The van der Waals surface area contributed by atoms with Crippen LogP contribution in [0.3, 0.4) is 0 Å². The fourth-order valence-electron chi connectivity index (χ4n) is 3.46. The van der Waals surface area contributed by atoms with E-state index >= 15 is 0 Å². The third-order valence-electron chi connectivity index (χ3n) is 5.15. The Bertz CT molecular complexity index is 1220. The minimum absolute atomic E-state index is 0.201. The third-order valence-corrected chi connectivity index (χ3v) is 6.25. The summed E-state index contributed by atoms with van der Waals surface area (Å²) in [5, 5.41) is 21.8. The number of aryl methyl sites for hydroxylation is 1. The van der Waals surface area contributed by atoms with E-state index in [1.54, 1.807) is 0 Å². The first-order chi connectivity index (χ1) is 15.2. The van der Waals surface area contributed by atoms with Crippen molar-refractivity contribution in [2.75, 3.05) is 11.9 Å². The lowest BCUT2D eigenvalue weighted by molar-refractivity contribution is -0.137. The van der Waals surface area contributed by atoms with Crippen LogP contribution in [-0.2, 0) is 19.2 Å². The molecule has 0 aliphatic rings. The van der Waals surface area contributed by atoms with Crippen LogP contribution < -0.4 is 11.1 Å². The number of nitrogens with zero attached hydrogens (tertiary/aromatic N) is 2. The van der Waals surface area contributed by atoms with Gasteiger partial charge in [0.25, 0.3) is 0 Å². The Morgan fingerprint density at radius 2 is 1.94 bits per heavy atom. The molecule has 10 heteroatoms. The number of alkyl halides is 3. The molecule has 0 saturated heterocycles. The molecule has 0 saturated carbocycles. The van der Waals surface area contributed by atoms with Crippen LogP contribution in [-0.4, -0.2) is 32.9 Å². The van der Waals surface area contributed by atoms with Crippen LogP contribution in [0.4, 0.5) is 18.3 Å². The topological polar surface area (TPSA) is 99.9 Å². The quantitative estimate of drug-likeness (QED) is 0.325. The van der Waals surface area contributed by atoms with Crippen LogP contribution in [0.2, 0.25) is 0 Å². The number of fused-ring (bicyclic) bond motifs is 1. The molecule has 2 aromatic heterocycles. The lowest BCUT2D eigenvalue weighted by Crippen LogP contribution is -2.31. The molecular formula is C22H22F3N5OS. The summed E-state index contributed by atoms with van der Waals surface area (Å²) in [5.41, 5.74) is 9.55. The number of nitrogens with two attached hydrogens (primary N) is 1. The number of aromatic amines is 1. The molecule has 0 fully saturated rings. The molecule has 168 valence electrons. The van der Waals surface area contributed by atoms with E-state index in [1.165, 1.54) is 23.5 Å². The van der Waals surface area contributed by atoms with Crippen LogP contribution in [0.5, 0.6) is 0 Å². The van der Waals surface area contributed by atoms with Crippen molar-refractivity contribution in [1.82, 2.24) is 15.2 Å². The van der Waals surface area contributed by atoms with Gasteiger partial charge in [-0.05, 0) is 48.7 Å². The van der Waals surface area contributed by atoms with Gasteiger partial charge in [-0.2, -0.15) is 18.3 Å². The van der Waals surface area contributed by atoms with E-state index in [2.05, 4.69) is 20.5 Å². The van der Waals surface area contributed by atoms with Crippen LogP contribution in [0, 0.1) is 6.92 Å². The Labute approximate surface area is 186 Å². The summed E-state index contributed by atoms with van der Waals surface area (Å²) in [4.78, 5) is 5.32. The van der Waals surface area contributed by atoms with Gasteiger partial charge in [-0.15, -0.1) is 0 Å². The van der Waals surface area contributed by atoms with E-state index in [0.717, 1.165) is 44.7 Å². The van der Waals surface area contributed by atoms with Crippen LogP contribution in [0.15, 0.2) is 42.5 Å². The van der Waals surface area contributed by atoms with Gasteiger partial charge in [-0.1, -0.05) is 29.5 Å². The van der Waals surface area contributed by atoms with Crippen molar-refractivity contribution >= 4 is 27.4 Å². The predicted molar refractivity (Wildman–Crippen MR) is 119 cm³/mol. The van der Waals surface area contributed by atoms with Gasteiger partial charge < -0.3 is 16.2 Å². The maximum atomic E-state index is 12.7. The molecule has 4 rings (SSSR count). The van der Waals surface area contributed by atoms with Crippen LogP contribution in [0.25, 0.3) is 21.3 Å². The molecule has 32 heavy (non-hydrogen) atoms. The SMILES string of the molecule is Cc1[nH]nc2ccc(-c3sc(NC[C@H](N)Cc4ccc(C(F)(F)F)cc4)nc3CO)cc12. The van der Waals surface area contributed by atoms with Gasteiger partial charge in [-0.3, -0.25) is 5.10 Å². The molecule has 0 radical (unpaired) electrons. The first-order valence-electron chi connectivity index (χ1n) is 9.96. The van der Waals surface area contributed by atoms with Crippen molar-refractivity contribution < 1.29 is 18.3 Å². The maximum Gasteiger partial charge on any atom is 0.416 e. The zero-order chi connectivity index (χ0) is 22.9. The number of aromatic nitrogens is 3. The van der Waals surface area contributed by atoms with Gasteiger partial charge in [0, 0.05) is 23.7 Å². The zero-order valence-corrected chi connectivity index (χ0v) is 18.0. The largest absolute Gasteiger partial charge is 0.416 e. The number of halogens is 3. The molecule has 4 aromatic rings. The van der Waals surface area contributed by atoms with E-state index in [4.69, 9.17) is 5.73 Å². The standard InChI is InChI=1S/C22H22F3N5OS/c1-12-17-9-14(4-7-18(17)30-29-12)20-19(11-31)28-21(32-20)27-10-16(26)8-13-2-5-15(6-3-13)22(23,24)25/h2-7,9,16,31H,8,10-11,26H2,1H3,(H,27,28)(H,29,30)/t16-/m1/s1. The van der Waals surface area contributed by atoms with Gasteiger partial charge in [-0.25, -0.2) is 4.98 Å². The second-order valence-corrected chi connectivity index (χ2v) is 8.57. The molecule has 0 bridgehead atoms. The number of aliphatic hydroxyl groups is 1. The Kier molecular flexibility index (Phi) is 6.18. The highest BCUT2D eigenvalue weighted by Crippen LogP contribution is 2.35. The van der Waals surface area contributed by atoms with E-state index in [0.29, 0.717) is 23.8 Å². The minimum atomic E-state index is -4.35. The normalized spacial score (nSPS) is 12.9. The molecule has 0 unspecified atom stereocenters. The average Bonchev–Trinajstić information content (AvgIpc) is 3.35. The summed E-state index contributed by atoms with van der Waals surface area (Å²) >= 11 is 1.41. The van der Waals surface area contributed by atoms with Crippen molar-refractivity contribution in [3.8, 4) is 10.4 Å². The number of hydrogen-bond donors (Lipinski definition) is 4. The number of anilines is 1. The number of benzene rings is 2. The number of aliphatic hydroxyl groups excluding tert-OH is 1. The third kappa shape index (κ3) is 4.77. The molecule has 0 amide bonds. The maximum absolute atomic E-state index is 12.7. The molecule has 0 aliphatic carbocycles. The Hall–Kier alpha value is -2.95. The summed E-state index contributed by atoms with van der Waals surface area (Å²) in [7, 11) is 0. The molecule has 2 aromatic carbocycles. The lowest BCUT2D eigenvalue weighted by Gasteiger charge is -2.13. The predicted octanol–water partition coefficient (Wildman–Crippen LogP) is 4.49. The fraction of sp³-hybridized carbons (Fsp3) is 0.273. The molecule has 2 heterocycles.